The first-order chi connectivity index (χ1) is 12.7. The van der Waals surface area contributed by atoms with Gasteiger partial charge in [0.25, 0.3) is 0 Å². The van der Waals surface area contributed by atoms with E-state index >= 15 is 0 Å². The molecule has 0 spiro atoms. The van der Waals surface area contributed by atoms with Crippen LogP contribution >= 0.6 is 11.3 Å². The Morgan fingerprint density at radius 3 is 2.77 bits per heavy atom. The Hall–Kier alpha value is -3.12. The second-order valence-corrected chi connectivity index (χ2v) is 6.24. The number of nitrogens with one attached hydrogen (secondary N) is 1. The van der Waals surface area contributed by atoms with Gasteiger partial charge in [-0.2, -0.15) is 0 Å². The van der Waals surface area contributed by atoms with E-state index in [4.69, 9.17) is 9.47 Å². The van der Waals surface area contributed by atoms with Crippen molar-refractivity contribution in [1.82, 2.24) is 4.98 Å². The number of anilines is 1. The Bertz CT molecular complexity index is 921. The van der Waals surface area contributed by atoms with Crippen molar-refractivity contribution in [1.29, 1.82) is 0 Å². The zero-order chi connectivity index (χ0) is 18.4. The summed E-state index contributed by atoms with van der Waals surface area (Å²) in [4.78, 5) is 16.5. The molecule has 1 amide bonds. The second kappa shape index (κ2) is 8.31. The Morgan fingerprint density at radius 2 is 2.04 bits per heavy atom. The highest BCUT2D eigenvalue weighted by Gasteiger charge is 2.05. The summed E-state index contributed by atoms with van der Waals surface area (Å²) in [6.07, 6.45) is 4.92. The van der Waals surface area contributed by atoms with Gasteiger partial charge in [0.15, 0.2) is 0 Å². The van der Waals surface area contributed by atoms with Crippen LogP contribution in [0.25, 0.3) is 16.6 Å². The van der Waals surface area contributed by atoms with E-state index < -0.39 is 0 Å². The lowest BCUT2D eigenvalue weighted by atomic mass is 10.1. The van der Waals surface area contributed by atoms with E-state index in [2.05, 4.69) is 10.3 Å². The van der Waals surface area contributed by atoms with Crippen LogP contribution in [-0.2, 0) is 4.79 Å². The van der Waals surface area contributed by atoms with Crippen LogP contribution in [0.2, 0.25) is 0 Å². The molecular formula is C20H18N2O3S. The fraction of sp³-hybridized carbons (Fsp3) is 0.100. The van der Waals surface area contributed by atoms with Gasteiger partial charge in [-0.1, -0.05) is 12.1 Å². The van der Waals surface area contributed by atoms with E-state index in [0.29, 0.717) is 17.2 Å². The van der Waals surface area contributed by atoms with Gasteiger partial charge in [0, 0.05) is 34.5 Å². The summed E-state index contributed by atoms with van der Waals surface area (Å²) in [5.74, 6) is 1.13. The molecule has 0 unspecified atom stereocenters. The van der Waals surface area contributed by atoms with Crippen molar-refractivity contribution in [3.63, 3.8) is 0 Å². The molecule has 0 atom stereocenters. The van der Waals surface area contributed by atoms with Crippen LogP contribution in [0.4, 0.5) is 5.69 Å². The summed E-state index contributed by atoms with van der Waals surface area (Å²) in [6, 6.07) is 13.0. The number of aromatic nitrogens is 1. The van der Waals surface area contributed by atoms with Gasteiger partial charge in [-0.15, -0.1) is 11.3 Å². The second-order valence-electron chi connectivity index (χ2n) is 5.35. The number of ether oxygens (including phenoxy) is 2. The summed E-state index contributed by atoms with van der Waals surface area (Å²) >= 11 is 1.56. The van der Waals surface area contributed by atoms with Gasteiger partial charge in [0.1, 0.15) is 16.5 Å². The third kappa shape index (κ3) is 4.29. The average Bonchev–Trinajstić information content (AvgIpc) is 3.21. The number of amides is 1. The van der Waals surface area contributed by atoms with Crippen molar-refractivity contribution >= 4 is 29.0 Å². The van der Waals surface area contributed by atoms with Gasteiger partial charge in [-0.25, -0.2) is 4.98 Å². The highest BCUT2D eigenvalue weighted by Crippen LogP contribution is 2.26. The highest BCUT2D eigenvalue weighted by atomic mass is 32.1. The number of carbonyl (C=O) groups is 1. The van der Waals surface area contributed by atoms with E-state index in [-0.39, 0.29) is 5.91 Å². The summed E-state index contributed by atoms with van der Waals surface area (Å²) in [5, 5.41) is 5.70. The molecule has 1 N–H and O–H groups in total. The fourth-order valence-corrected chi connectivity index (χ4v) is 3.05. The zero-order valence-corrected chi connectivity index (χ0v) is 15.2. The first kappa shape index (κ1) is 17.7. The Kier molecular flexibility index (Phi) is 5.66. The topological polar surface area (TPSA) is 60.5 Å². The smallest absolute Gasteiger partial charge is 0.248 e. The quantitative estimate of drug-likeness (QED) is 0.654. The molecule has 5 nitrogen and oxygen atoms in total. The lowest BCUT2D eigenvalue weighted by molar-refractivity contribution is -0.111. The van der Waals surface area contributed by atoms with Gasteiger partial charge >= 0.3 is 0 Å². The SMILES string of the molecule is COc1ccc(OC)c(/C=C/C(=O)Nc2cccc(-c3nccs3)c2)c1. The molecule has 0 fully saturated rings. The molecule has 0 aliphatic carbocycles. The normalized spacial score (nSPS) is 10.7. The molecule has 132 valence electrons. The van der Waals surface area contributed by atoms with Crippen molar-refractivity contribution in [3.05, 3.63) is 65.7 Å². The minimum Gasteiger partial charge on any atom is -0.497 e. The molecule has 6 heteroatoms. The Labute approximate surface area is 155 Å². The van der Waals surface area contributed by atoms with Crippen molar-refractivity contribution in [2.24, 2.45) is 0 Å². The van der Waals surface area contributed by atoms with Gasteiger partial charge < -0.3 is 14.8 Å². The number of carbonyl (C=O) groups excluding carboxylic acids is 1. The number of benzene rings is 2. The van der Waals surface area contributed by atoms with Crippen molar-refractivity contribution in [3.8, 4) is 22.1 Å². The van der Waals surface area contributed by atoms with Crippen LogP contribution in [0, 0.1) is 0 Å². The molecule has 0 aliphatic rings. The van der Waals surface area contributed by atoms with E-state index in [1.165, 1.54) is 6.08 Å². The molecule has 0 saturated carbocycles. The molecule has 26 heavy (non-hydrogen) atoms. The largest absolute Gasteiger partial charge is 0.497 e. The van der Waals surface area contributed by atoms with Gasteiger partial charge in [0.2, 0.25) is 5.91 Å². The number of hydrogen-bond acceptors (Lipinski definition) is 5. The molecule has 1 aromatic heterocycles. The van der Waals surface area contributed by atoms with Gasteiger partial charge in [-0.05, 0) is 36.4 Å². The lowest BCUT2D eigenvalue weighted by Gasteiger charge is -2.07. The van der Waals surface area contributed by atoms with Crippen LogP contribution in [0.5, 0.6) is 11.5 Å². The maximum absolute atomic E-state index is 12.3. The zero-order valence-electron chi connectivity index (χ0n) is 14.4. The van der Waals surface area contributed by atoms with Crippen LogP contribution in [-0.4, -0.2) is 25.1 Å². The van der Waals surface area contributed by atoms with Crippen LogP contribution in [0.3, 0.4) is 0 Å². The molecule has 0 radical (unpaired) electrons. The van der Waals surface area contributed by atoms with Crippen LogP contribution in [0.15, 0.2) is 60.1 Å². The molecule has 0 bridgehead atoms. The monoisotopic (exact) mass is 366 g/mol. The van der Waals surface area contributed by atoms with Gasteiger partial charge in [-0.3, -0.25) is 4.79 Å². The number of methoxy groups -OCH3 is 2. The van der Waals surface area contributed by atoms with Crippen molar-refractivity contribution < 1.29 is 14.3 Å². The van der Waals surface area contributed by atoms with Crippen molar-refractivity contribution in [2.75, 3.05) is 19.5 Å². The molecular weight excluding hydrogens is 348 g/mol. The summed E-state index contributed by atoms with van der Waals surface area (Å²) in [6.45, 7) is 0. The van der Waals surface area contributed by atoms with E-state index in [9.17, 15) is 4.79 Å². The third-order valence-electron chi connectivity index (χ3n) is 3.66. The molecule has 1 heterocycles. The fourth-order valence-electron chi connectivity index (χ4n) is 2.42. The minimum atomic E-state index is -0.230. The van der Waals surface area contributed by atoms with E-state index in [1.807, 2.05) is 35.7 Å². The van der Waals surface area contributed by atoms with Gasteiger partial charge in [0.05, 0.1) is 14.2 Å². The number of nitrogens with zero attached hydrogens (tertiary/aromatic N) is 1. The lowest BCUT2D eigenvalue weighted by Crippen LogP contribution is -2.07. The Balaban J connectivity index is 1.73. The maximum Gasteiger partial charge on any atom is 0.248 e. The maximum atomic E-state index is 12.3. The first-order valence-corrected chi connectivity index (χ1v) is 8.78. The molecule has 0 aliphatic heterocycles. The summed E-state index contributed by atoms with van der Waals surface area (Å²) in [5.41, 5.74) is 2.44. The third-order valence-corrected chi connectivity index (χ3v) is 4.48. The average molecular weight is 366 g/mol. The summed E-state index contributed by atoms with van der Waals surface area (Å²) < 4.78 is 10.5. The molecule has 0 saturated heterocycles. The first-order valence-electron chi connectivity index (χ1n) is 7.90. The molecule has 2 aromatic carbocycles. The predicted octanol–water partition coefficient (Wildman–Crippen LogP) is 4.48. The minimum absolute atomic E-state index is 0.230. The summed E-state index contributed by atoms with van der Waals surface area (Å²) in [7, 11) is 3.18. The number of hydrogen-bond donors (Lipinski definition) is 1. The predicted molar refractivity (Wildman–Crippen MR) is 105 cm³/mol. The Morgan fingerprint density at radius 1 is 1.15 bits per heavy atom. The number of rotatable bonds is 6. The van der Waals surface area contributed by atoms with Crippen LogP contribution in [0.1, 0.15) is 5.56 Å². The van der Waals surface area contributed by atoms with E-state index in [0.717, 1.165) is 16.1 Å². The van der Waals surface area contributed by atoms with E-state index in [1.54, 1.807) is 50.0 Å². The number of thiazole rings is 1. The highest BCUT2D eigenvalue weighted by molar-refractivity contribution is 7.13. The van der Waals surface area contributed by atoms with Crippen LogP contribution < -0.4 is 14.8 Å². The standard InChI is InChI=1S/C20H18N2O3S/c1-24-17-7-8-18(25-2)14(13-17)6-9-19(23)22-16-5-3-4-15(12-16)20-21-10-11-26-20/h3-13H,1-2H3,(H,22,23)/b9-6+. The van der Waals surface area contributed by atoms with Crippen molar-refractivity contribution in [2.45, 2.75) is 0 Å². The molecule has 3 aromatic rings. The molecule has 3 rings (SSSR count).